The molecule has 212 valence electrons. The van der Waals surface area contributed by atoms with Crippen LogP contribution in [-0.4, -0.2) is 67.7 Å². The molecule has 5 rings (SSSR count). The number of hydrogen-bond donors (Lipinski definition) is 1. The van der Waals surface area contributed by atoms with E-state index in [0.717, 1.165) is 12.4 Å². The lowest BCUT2D eigenvalue weighted by Gasteiger charge is -2.41. The molecule has 4 heterocycles. The predicted molar refractivity (Wildman–Crippen MR) is 130 cm³/mol. The third-order valence-corrected chi connectivity index (χ3v) is 7.53. The molecular formula is C24H19F7N6O2S. The van der Waals surface area contributed by atoms with Gasteiger partial charge in [-0.15, -0.1) is 0 Å². The average molecular weight is 589 g/mol. The number of halogens is 7. The monoisotopic (exact) mass is 588 g/mol. The number of anilines is 1. The quantitative estimate of drug-likeness (QED) is 0.347. The van der Waals surface area contributed by atoms with Gasteiger partial charge in [-0.05, 0) is 24.3 Å². The van der Waals surface area contributed by atoms with E-state index < -0.39 is 41.7 Å². The van der Waals surface area contributed by atoms with Gasteiger partial charge in [-0.3, -0.25) is 4.79 Å². The number of aliphatic hydroxyl groups excluding tert-OH is 1. The molecule has 0 radical (unpaired) electrons. The highest BCUT2D eigenvalue weighted by atomic mass is 32.1. The summed E-state index contributed by atoms with van der Waals surface area (Å²) in [6.07, 6.45) is -6.52. The first-order valence-corrected chi connectivity index (χ1v) is 12.5. The van der Waals surface area contributed by atoms with Gasteiger partial charge >= 0.3 is 12.4 Å². The number of benzene rings is 1. The number of fused-ring (bicyclic) bond motifs is 1. The van der Waals surface area contributed by atoms with Gasteiger partial charge in [0.25, 0.3) is 0 Å². The molecule has 1 fully saturated rings. The zero-order valence-corrected chi connectivity index (χ0v) is 21.1. The maximum atomic E-state index is 13.5. The highest BCUT2D eigenvalue weighted by Crippen LogP contribution is 2.43. The van der Waals surface area contributed by atoms with E-state index in [-0.39, 0.29) is 48.3 Å². The van der Waals surface area contributed by atoms with Crippen molar-refractivity contribution in [3.63, 3.8) is 0 Å². The minimum Gasteiger partial charge on any atom is -0.394 e. The Bertz CT molecular complexity index is 1530. The highest BCUT2D eigenvalue weighted by Gasteiger charge is 2.39. The Kier molecular flexibility index (Phi) is 7.16. The molecule has 3 aromatic heterocycles. The summed E-state index contributed by atoms with van der Waals surface area (Å²) in [6, 6.07) is 4.99. The summed E-state index contributed by atoms with van der Waals surface area (Å²) in [6.45, 7) is -0.566. The maximum absolute atomic E-state index is 13.5. The van der Waals surface area contributed by atoms with Gasteiger partial charge in [0, 0.05) is 54.7 Å². The second-order valence-corrected chi connectivity index (χ2v) is 9.96. The molecule has 0 saturated carbocycles. The molecule has 0 bridgehead atoms. The maximum Gasteiger partial charge on any atom is 0.451 e. The summed E-state index contributed by atoms with van der Waals surface area (Å²) >= 11 is 0.298. The molecule has 16 heteroatoms. The van der Waals surface area contributed by atoms with E-state index in [2.05, 4.69) is 15.0 Å². The van der Waals surface area contributed by atoms with Crippen LogP contribution in [0.2, 0.25) is 0 Å². The molecule has 1 saturated heterocycles. The van der Waals surface area contributed by atoms with Crippen LogP contribution in [0.15, 0.2) is 42.9 Å². The Hall–Kier alpha value is -3.79. The lowest BCUT2D eigenvalue weighted by atomic mass is 10.1. The van der Waals surface area contributed by atoms with Crippen molar-refractivity contribution in [1.82, 2.24) is 24.4 Å². The molecule has 1 aliphatic rings. The second-order valence-electron chi connectivity index (χ2n) is 8.98. The topological polar surface area (TPSA) is 87.4 Å². The Balaban J connectivity index is 1.39. The largest absolute Gasteiger partial charge is 0.451 e. The lowest BCUT2D eigenvalue weighted by Crippen LogP contribution is -2.57. The Labute approximate surface area is 225 Å². The fraction of sp³-hybridized carbons (Fsp3) is 0.333. The predicted octanol–water partition coefficient (Wildman–Crippen LogP) is 4.44. The van der Waals surface area contributed by atoms with Crippen LogP contribution in [0.1, 0.15) is 10.8 Å². The zero-order valence-electron chi connectivity index (χ0n) is 20.2. The molecule has 8 nitrogen and oxygen atoms in total. The van der Waals surface area contributed by atoms with Crippen molar-refractivity contribution >= 4 is 33.1 Å². The molecule has 1 aromatic carbocycles. The van der Waals surface area contributed by atoms with E-state index in [9.17, 15) is 40.6 Å². The van der Waals surface area contributed by atoms with E-state index in [1.807, 2.05) is 0 Å². The van der Waals surface area contributed by atoms with Gasteiger partial charge in [0.15, 0.2) is 0 Å². The number of carbonyl (C=O) groups excluding carboxylic acids is 1. The SMILES string of the molecule is O=C(Cn1ccc2cc(F)ccc21)N1CCN(c2sc(C(F)(F)F)nc2-c2cnc(C(F)(F)F)nc2)CC1CO. The van der Waals surface area contributed by atoms with Crippen LogP contribution < -0.4 is 4.90 Å². The van der Waals surface area contributed by atoms with Crippen LogP contribution in [0.25, 0.3) is 22.2 Å². The summed E-state index contributed by atoms with van der Waals surface area (Å²) in [7, 11) is 0. The van der Waals surface area contributed by atoms with Crippen LogP contribution in [0.3, 0.4) is 0 Å². The smallest absolute Gasteiger partial charge is 0.394 e. The number of aromatic nitrogens is 4. The number of carbonyl (C=O) groups is 1. The van der Waals surface area contributed by atoms with Gasteiger partial charge in [-0.2, -0.15) is 26.3 Å². The van der Waals surface area contributed by atoms with E-state index in [4.69, 9.17) is 0 Å². The standard InChI is InChI=1S/C24H19F7N6O2S/c25-15-1-2-17-13(7-15)3-4-35(17)11-18(39)37-6-5-36(10-16(37)12-38)20-19(34-22(40-20)24(29,30)31)14-8-32-21(33-9-14)23(26,27)28/h1-4,7-9,16,38H,5-6,10-12H2. The van der Waals surface area contributed by atoms with Gasteiger partial charge < -0.3 is 19.5 Å². The normalized spacial score (nSPS) is 16.6. The molecule has 1 N–H and O–H groups in total. The van der Waals surface area contributed by atoms with Crippen LogP contribution in [0.5, 0.6) is 0 Å². The first-order chi connectivity index (χ1) is 18.8. The van der Waals surface area contributed by atoms with Crippen molar-refractivity contribution in [3.8, 4) is 11.3 Å². The highest BCUT2D eigenvalue weighted by molar-refractivity contribution is 7.16. The van der Waals surface area contributed by atoms with E-state index in [0.29, 0.717) is 22.2 Å². The first-order valence-electron chi connectivity index (χ1n) is 11.7. The molecule has 1 unspecified atom stereocenters. The van der Waals surface area contributed by atoms with Crippen molar-refractivity contribution in [2.75, 3.05) is 31.1 Å². The molecule has 1 atom stereocenters. The van der Waals surface area contributed by atoms with E-state index >= 15 is 0 Å². The number of thiazole rings is 1. The number of nitrogens with zero attached hydrogens (tertiary/aromatic N) is 6. The molecule has 1 amide bonds. The Morgan fingerprint density at radius 2 is 1.77 bits per heavy atom. The van der Waals surface area contributed by atoms with E-state index in [1.165, 1.54) is 28.0 Å². The molecule has 4 aromatic rings. The van der Waals surface area contributed by atoms with Crippen molar-refractivity contribution in [2.45, 2.75) is 24.9 Å². The number of rotatable bonds is 5. The molecule has 40 heavy (non-hydrogen) atoms. The fourth-order valence-electron chi connectivity index (χ4n) is 4.50. The molecule has 0 aliphatic carbocycles. The number of aliphatic hydroxyl groups is 1. The third-order valence-electron chi connectivity index (χ3n) is 6.37. The first kappa shape index (κ1) is 27.8. The van der Waals surface area contributed by atoms with Crippen LogP contribution in [0.4, 0.5) is 35.7 Å². The average Bonchev–Trinajstić information content (AvgIpc) is 3.52. The van der Waals surface area contributed by atoms with Crippen molar-refractivity contribution < 1.29 is 40.6 Å². The number of piperazine rings is 1. The van der Waals surface area contributed by atoms with Crippen LogP contribution in [0, 0.1) is 5.82 Å². The minimum atomic E-state index is -4.83. The van der Waals surface area contributed by atoms with E-state index in [1.54, 1.807) is 16.8 Å². The second kappa shape index (κ2) is 10.3. The summed E-state index contributed by atoms with van der Waals surface area (Å²) in [5.74, 6) is -2.23. The zero-order chi connectivity index (χ0) is 28.8. The summed E-state index contributed by atoms with van der Waals surface area (Å²) in [5.41, 5.74) is 0.222. The lowest BCUT2D eigenvalue weighted by molar-refractivity contribution is -0.145. The van der Waals surface area contributed by atoms with Crippen molar-refractivity contribution in [3.05, 3.63) is 59.5 Å². The van der Waals surface area contributed by atoms with Gasteiger partial charge in [0.2, 0.25) is 16.7 Å². The molecule has 1 aliphatic heterocycles. The molecular weight excluding hydrogens is 569 g/mol. The third kappa shape index (κ3) is 5.45. The minimum absolute atomic E-state index is 0.000312. The van der Waals surface area contributed by atoms with Gasteiger partial charge in [0.05, 0.1) is 12.6 Å². The summed E-state index contributed by atoms with van der Waals surface area (Å²) in [5, 5.41) is 9.43. The van der Waals surface area contributed by atoms with Gasteiger partial charge in [0.1, 0.15) is 23.1 Å². The fourth-order valence-corrected chi connectivity index (χ4v) is 5.49. The number of hydrogen-bond acceptors (Lipinski definition) is 7. The molecule has 0 spiro atoms. The van der Waals surface area contributed by atoms with Gasteiger partial charge in [-0.25, -0.2) is 19.3 Å². The Morgan fingerprint density at radius 3 is 2.42 bits per heavy atom. The Morgan fingerprint density at radius 1 is 1.05 bits per heavy atom. The van der Waals surface area contributed by atoms with Crippen molar-refractivity contribution in [2.24, 2.45) is 0 Å². The van der Waals surface area contributed by atoms with Gasteiger partial charge in [-0.1, -0.05) is 11.3 Å². The number of alkyl halides is 6. The summed E-state index contributed by atoms with van der Waals surface area (Å²) in [4.78, 5) is 26.1. The number of amides is 1. The van der Waals surface area contributed by atoms with Crippen LogP contribution >= 0.6 is 11.3 Å². The van der Waals surface area contributed by atoms with Crippen molar-refractivity contribution in [1.29, 1.82) is 0 Å². The summed E-state index contributed by atoms with van der Waals surface area (Å²) < 4.78 is 94.4. The van der Waals surface area contributed by atoms with Crippen LogP contribution in [-0.2, 0) is 23.7 Å².